The number of nitrogens with one attached hydrogen (secondary N) is 1. The number of carbonyl (C=O) groups is 1. The number of benzene rings is 3. The molecule has 7 nitrogen and oxygen atoms in total. The predicted octanol–water partition coefficient (Wildman–Crippen LogP) is 6.40. The minimum atomic E-state index is -4.67. The van der Waals surface area contributed by atoms with Crippen molar-refractivity contribution in [3.8, 4) is 5.75 Å². The molecule has 0 aliphatic rings. The second-order valence-electron chi connectivity index (χ2n) is 12.0. The number of hydrogen-bond donors (Lipinski definition) is 2. The van der Waals surface area contributed by atoms with Crippen LogP contribution in [-0.4, -0.2) is 37.6 Å². The van der Waals surface area contributed by atoms with Crippen molar-refractivity contribution in [3.63, 3.8) is 0 Å². The summed E-state index contributed by atoms with van der Waals surface area (Å²) >= 11 is 0. The second kappa shape index (κ2) is 20.9. The van der Waals surface area contributed by atoms with Gasteiger partial charge in [-0.05, 0) is 36.1 Å². The Kier molecular flexibility index (Phi) is 18.2. The normalized spacial score (nSPS) is 11.4. The van der Waals surface area contributed by atoms with Crippen molar-refractivity contribution in [2.45, 2.75) is 115 Å². The van der Waals surface area contributed by atoms with Gasteiger partial charge in [-0.1, -0.05) is 134 Å². The molecule has 0 unspecified atom stereocenters. The molecule has 0 aromatic heterocycles. The van der Waals surface area contributed by atoms with E-state index in [1.54, 1.807) is 24.3 Å². The number of unbranched alkanes of at least 4 members (excludes halogenated alkanes) is 15. The summed E-state index contributed by atoms with van der Waals surface area (Å²) < 4.78 is 35.3. The zero-order valence-corrected chi connectivity index (χ0v) is 30.5. The molecule has 0 bridgehead atoms. The zero-order valence-electron chi connectivity index (χ0n) is 27.7. The van der Waals surface area contributed by atoms with Crippen LogP contribution in [0.1, 0.15) is 120 Å². The number of carbonyl (C=O) groups excluding carboxylic acids is 1. The third-order valence-corrected chi connectivity index (χ3v) is 9.24. The molecule has 0 atom stereocenters. The second-order valence-corrected chi connectivity index (χ2v) is 13.4. The van der Waals surface area contributed by atoms with Crippen LogP contribution in [0.4, 0.5) is 11.4 Å². The van der Waals surface area contributed by atoms with E-state index in [0.717, 1.165) is 24.6 Å². The summed E-state index contributed by atoms with van der Waals surface area (Å²) in [6.45, 7) is 2.90. The van der Waals surface area contributed by atoms with Crippen LogP contribution in [0.2, 0.25) is 0 Å². The van der Waals surface area contributed by atoms with Gasteiger partial charge in [0.05, 0.1) is 21.8 Å². The summed E-state index contributed by atoms with van der Waals surface area (Å²) in [6, 6.07) is 14.5. The Morgan fingerprint density at radius 2 is 1.31 bits per heavy atom. The number of anilines is 2. The molecule has 0 aliphatic carbocycles. The smallest absolute Gasteiger partial charge is 0.744 e. The Morgan fingerprint density at radius 1 is 0.778 bits per heavy atom. The Labute approximate surface area is 293 Å². The van der Waals surface area contributed by atoms with Gasteiger partial charge in [0.15, 0.2) is 0 Å². The summed E-state index contributed by atoms with van der Waals surface area (Å²) in [5.74, 6) is -0.648. The third kappa shape index (κ3) is 13.3. The molecule has 242 valence electrons. The Bertz CT molecular complexity index is 1430. The molecule has 0 radical (unpaired) electrons. The van der Waals surface area contributed by atoms with Crippen LogP contribution >= 0.6 is 0 Å². The topological polar surface area (TPSA) is 110 Å². The summed E-state index contributed by atoms with van der Waals surface area (Å²) in [7, 11) is -2.84. The van der Waals surface area contributed by atoms with Crippen molar-refractivity contribution < 1.29 is 52.4 Å². The van der Waals surface area contributed by atoms with E-state index >= 15 is 0 Å². The van der Waals surface area contributed by atoms with Gasteiger partial charge in [-0.15, -0.1) is 0 Å². The molecule has 0 fully saturated rings. The Balaban J connectivity index is 0.00000705. The van der Waals surface area contributed by atoms with E-state index in [1.165, 1.54) is 102 Å². The van der Waals surface area contributed by atoms with Crippen molar-refractivity contribution >= 4 is 38.2 Å². The molecule has 0 saturated heterocycles. The number of hydrogen-bond acceptors (Lipinski definition) is 6. The number of nitrogens with zero attached hydrogens (tertiary/aromatic N) is 1. The number of aromatic hydroxyl groups is 1. The first kappa shape index (κ1) is 39.1. The molecule has 0 saturated carbocycles. The van der Waals surface area contributed by atoms with Crippen molar-refractivity contribution in [1.82, 2.24) is 0 Å². The van der Waals surface area contributed by atoms with Gasteiger partial charge in [-0.25, -0.2) is 8.42 Å². The zero-order chi connectivity index (χ0) is 31.8. The van der Waals surface area contributed by atoms with Crippen LogP contribution in [0.15, 0.2) is 59.5 Å². The summed E-state index contributed by atoms with van der Waals surface area (Å²) in [6.07, 6.45) is 20.5. The van der Waals surface area contributed by atoms with Gasteiger partial charge >= 0.3 is 29.6 Å². The minimum absolute atomic E-state index is 0. The van der Waals surface area contributed by atoms with E-state index in [0.29, 0.717) is 23.3 Å². The molecule has 1 amide bonds. The Morgan fingerprint density at radius 3 is 1.87 bits per heavy atom. The number of phenols is 1. The summed E-state index contributed by atoms with van der Waals surface area (Å²) in [4.78, 5) is 14.7. The molecule has 0 aliphatic heterocycles. The van der Waals surface area contributed by atoms with Crippen LogP contribution in [0.3, 0.4) is 0 Å². The van der Waals surface area contributed by atoms with Gasteiger partial charge < -0.3 is 19.9 Å². The SMILES string of the molecule is CCCCCCCCCCCCCCCCCCN(C)c1cc(S(=O)(=O)[O-])ccc1NC(=O)c1ccc2ccccc2c1O.[Na+]. The van der Waals surface area contributed by atoms with Gasteiger partial charge in [-0.3, -0.25) is 4.79 Å². The van der Waals surface area contributed by atoms with Gasteiger partial charge in [-0.2, -0.15) is 0 Å². The maximum atomic E-state index is 13.2. The van der Waals surface area contributed by atoms with Crippen LogP contribution in [0.25, 0.3) is 10.8 Å². The molecule has 9 heteroatoms. The minimum Gasteiger partial charge on any atom is -0.744 e. The fourth-order valence-corrected chi connectivity index (χ4v) is 6.22. The summed E-state index contributed by atoms with van der Waals surface area (Å²) in [5.41, 5.74) is 0.918. The molecule has 45 heavy (non-hydrogen) atoms. The van der Waals surface area contributed by atoms with E-state index in [-0.39, 0.29) is 45.8 Å². The van der Waals surface area contributed by atoms with Gasteiger partial charge in [0, 0.05) is 19.0 Å². The number of phenolic OH excluding ortho intramolecular Hbond substituents is 1. The van der Waals surface area contributed by atoms with Crippen LogP contribution in [0, 0.1) is 0 Å². The standard InChI is InChI=1S/C36H52N2O5S.Na/c1-3-4-5-6-7-8-9-10-11-12-13-14-15-16-17-20-27-38(2)34-28-30(44(41,42)43)24-26-33(34)37-36(40)32-25-23-29-21-18-19-22-31(29)35(32)39;/h18-19,21-26,28,39H,3-17,20,27H2,1-2H3,(H,37,40)(H,41,42,43);/q;+1/p-1. The van der Waals surface area contributed by atoms with Gasteiger partial charge in [0.2, 0.25) is 0 Å². The van der Waals surface area contributed by atoms with E-state index in [9.17, 15) is 22.9 Å². The first-order valence-corrected chi connectivity index (χ1v) is 18.0. The first-order valence-electron chi connectivity index (χ1n) is 16.6. The molecule has 0 heterocycles. The molecule has 2 N–H and O–H groups in total. The predicted molar refractivity (Wildman–Crippen MR) is 181 cm³/mol. The first-order chi connectivity index (χ1) is 21.2. The fourth-order valence-electron chi connectivity index (χ4n) is 5.73. The molecule has 3 rings (SSSR count). The van der Waals surface area contributed by atoms with Crippen molar-refractivity contribution in [3.05, 3.63) is 60.2 Å². The van der Waals surface area contributed by atoms with Crippen LogP contribution < -0.4 is 39.8 Å². The third-order valence-electron chi connectivity index (χ3n) is 8.41. The van der Waals surface area contributed by atoms with E-state index < -0.39 is 16.0 Å². The number of amides is 1. The molecule has 3 aromatic carbocycles. The van der Waals surface area contributed by atoms with E-state index in [4.69, 9.17) is 0 Å². The van der Waals surface area contributed by atoms with Gasteiger partial charge in [0.1, 0.15) is 15.9 Å². The van der Waals surface area contributed by atoms with Crippen molar-refractivity contribution in [2.75, 3.05) is 23.8 Å². The maximum absolute atomic E-state index is 13.2. The summed E-state index contributed by atoms with van der Waals surface area (Å²) in [5, 5.41) is 14.9. The fraction of sp³-hybridized carbons (Fsp3) is 0.528. The molecule has 3 aromatic rings. The van der Waals surface area contributed by atoms with E-state index in [1.807, 2.05) is 24.1 Å². The maximum Gasteiger partial charge on any atom is 1.00 e. The number of fused-ring (bicyclic) bond motifs is 1. The quantitative estimate of drug-likeness (QED) is 0.0787. The largest absolute Gasteiger partial charge is 1.00 e. The van der Waals surface area contributed by atoms with Crippen molar-refractivity contribution in [1.29, 1.82) is 0 Å². The molecular weight excluding hydrogens is 595 g/mol. The average molecular weight is 647 g/mol. The molecule has 0 spiro atoms. The number of rotatable bonds is 21. The Hall–Kier alpha value is -2.10. The van der Waals surface area contributed by atoms with E-state index in [2.05, 4.69) is 12.2 Å². The monoisotopic (exact) mass is 646 g/mol. The molecular formula is C36H51N2NaO5S. The van der Waals surface area contributed by atoms with Crippen molar-refractivity contribution in [2.24, 2.45) is 0 Å². The van der Waals surface area contributed by atoms with Crippen LogP contribution in [-0.2, 0) is 10.1 Å². The van der Waals surface area contributed by atoms with Gasteiger partial charge in [0.25, 0.3) is 5.91 Å². The van der Waals surface area contributed by atoms with Crippen LogP contribution in [0.5, 0.6) is 5.75 Å². The average Bonchev–Trinajstić information content (AvgIpc) is 3.00.